The Kier molecular flexibility index (Phi) is 66.0. The zero-order chi connectivity index (χ0) is 70.5. The number of hydrogen-bond donors (Lipinski definition) is 0. The minimum absolute atomic E-state index is 0.982. The van der Waals surface area contributed by atoms with E-state index >= 15 is 0 Å². The predicted octanol–water partition coefficient (Wildman–Crippen LogP) is 34.2. The Bertz CT molecular complexity index is 2080. The fraction of sp³-hybridized carbons (Fsp3) is 0.811. The third-order valence-electron chi connectivity index (χ3n) is 21.4. The SMILES string of the molecule is CCCCCCCCCCCCCCCC=CC1=C(c2cc(CCCCCCCC)cc(CCCCCCCC)c2)[N+](=[N-])C(c2cc(CCCC)cc(CCCC)c2)=C1CCCC.CCCCCCCCCCCCCCCC[CH2][Ni][CH2]CCCCCCCCCCCCCCCC. The van der Waals surface area contributed by atoms with Crippen LogP contribution in [-0.2, 0) is 40.1 Å². The number of unbranched alkanes of at least 4 members (excludes halogenated alkanes) is 54. The zero-order valence-electron chi connectivity index (χ0n) is 67.6. The molecular weight excluding hydrogens is 1230 g/mol. The molecule has 570 valence electrons. The van der Waals surface area contributed by atoms with Gasteiger partial charge in [0.15, 0.2) is 0 Å². The molecule has 0 atom stereocenters. The average molecular weight is 1400 g/mol. The second-order valence-corrected chi connectivity index (χ2v) is 32.6. The molecule has 2 aromatic rings. The van der Waals surface area contributed by atoms with Crippen molar-refractivity contribution in [2.24, 2.45) is 0 Å². The molecule has 3 heteroatoms. The van der Waals surface area contributed by atoms with E-state index in [0.29, 0.717) is 0 Å². The van der Waals surface area contributed by atoms with Gasteiger partial charge >= 0.3 is 166 Å². The van der Waals surface area contributed by atoms with Gasteiger partial charge in [-0.25, -0.2) is 4.70 Å². The normalized spacial score (nSPS) is 12.6. The first-order chi connectivity index (χ1) is 48.4. The summed E-state index contributed by atoms with van der Waals surface area (Å²) in [5.74, 6) is 0. The van der Waals surface area contributed by atoms with Crippen LogP contribution in [0.25, 0.3) is 16.9 Å². The molecule has 1 aliphatic rings. The first kappa shape index (κ1) is 91.8. The smallest absolute Gasteiger partial charge is 0.0654 e. The van der Waals surface area contributed by atoms with Crippen molar-refractivity contribution in [3.8, 4) is 0 Å². The molecule has 1 aliphatic heterocycles. The molecular formula is C95H170N2Ni. The zero-order valence-corrected chi connectivity index (χ0v) is 68.6. The molecule has 0 N–H and O–H groups in total. The fourth-order valence-electron chi connectivity index (χ4n) is 15.0. The van der Waals surface area contributed by atoms with Gasteiger partial charge in [0, 0.05) is 16.7 Å². The Hall–Kier alpha value is -2.25. The number of nitrogens with zero attached hydrogens (tertiary/aromatic N) is 2. The van der Waals surface area contributed by atoms with E-state index in [9.17, 15) is 5.53 Å². The average Bonchev–Trinajstić information content (AvgIpc) is 1.60. The van der Waals surface area contributed by atoms with Crippen LogP contribution < -0.4 is 0 Å². The van der Waals surface area contributed by atoms with E-state index in [2.05, 4.69) is 104 Å². The van der Waals surface area contributed by atoms with Crippen LogP contribution in [0, 0.1) is 0 Å². The number of benzene rings is 2. The summed E-state index contributed by atoms with van der Waals surface area (Å²) in [6, 6.07) is 14.7. The minimum atomic E-state index is 0.982. The van der Waals surface area contributed by atoms with Crippen molar-refractivity contribution in [2.45, 2.75) is 496 Å². The number of rotatable bonds is 72. The number of aryl methyl sites for hydroxylation is 4. The molecule has 0 aliphatic carbocycles. The molecule has 0 unspecified atom stereocenters. The Balaban J connectivity index is 0.000000791. The van der Waals surface area contributed by atoms with Gasteiger partial charge in [-0.2, -0.15) is 0 Å². The van der Waals surface area contributed by atoms with Crippen LogP contribution in [0.1, 0.15) is 493 Å². The van der Waals surface area contributed by atoms with Gasteiger partial charge < -0.3 is 5.53 Å². The summed E-state index contributed by atoms with van der Waals surface area (Å²) in [5.41, 5.74) is 25.6. The van der Waals surface area contributed by atoms with Crippen molar-refractivity contribution in [3.63, 3.8) is 0 Å². The molecule has 3 rings (SSSR count). The minimum Gasteiger partial charge on any atom is -0.0654 e. The Labute approximate surface area is 621 Å². The quantitative estimate of drug-likeness (QED) is 0.0358. The molecule has 2 aromatic carbocycles. The van der Waals surface area contributed by atoms with Gasteiger partial charge in [-0.15, -0.1) is 0 Å². The van der Waals surface area contributed by atoms with Gasteiger partial charge in [0.2, 0.25) is 11.4 Å². The summed E-state index contributed by atoms with van der Waals surface area (Å²) in [6.07, 6.45) is 96.5. The van der Waals surface area contributed by atoms with Crippen LogP contribution >= 0.6 is 0 Å². The molecule has 98 heavy (non-hydrogen) atoms. The van der Waals surface area contributed by atoms with E-state index in [4.69, 9.17) is 0 Å². The van der Waals surface area contributed by atoms with E-state index in [1.54, 1.807) is 4.70 Å². The molecule has 0 saturated heterocycles. The van der Waals surface area contributed by atoms with Crippen molar-refractivity contribution in [3.05, 3.63) is 98.6 Å². The second kappa shape index (κ2) is 70.4. The molecule has 0 saturated carbocycles. The second-order valence-electron chi connectivity index (χ2n) is 31.1. The monoisotopic (exact) mass is 1400 g/mol. The fourth-order valence-corrected chi connectivity index (χ4v) is 16.2. The van der Waals surface area contributed by atoms with E-state index in [0.717, 1.165) is 62.8 Å². The summed E-state index contributed by atoms with van der Waals surface area (Å²) < 4.78 is 1.66. The number of allylic oxidation sites excluding steroid dienone is 4. The molecule has 1 heterocycles. The van der Waals surface area contributed by atoms with Crippen molar-refractivity contribution in [1.29, 1.82) is 0 Å². The number of hydrogen-bond acceptors (Lipinski definition) is 0. The van der Waals surface area contributed by atoms with E-state index < -0.39 is 0 Å². The topological polar surface area (TPSA) is 25.3 Å². The molecule has 0 spiro atoms. The molecule has 0 fully saturated rings. The third kappa shape index (κ3) is 50.2. The van der Waals surface area contributed by atoms with Crippen LogP contribution in [0.4, 0.5) is 0 Å². The van der Waals surface area contributed by atoms with Crippen LogP contribution in [-0.4, -0.2) is 4.70 Å². The van der Waals surface area contributed by atoms with Crippen molar-refractivity contribution >= 4 is 11.4 Å². The predicted molar refractivity (Wildman–Crippen MR) is 440 cm³/mol. The summed E-state index contributed by atoms with van der Waals surface area (Å²) in [7, 11) is 0. The van der Waals surface area contributed by atoms with Gasteiger partial charge in [-0.3, -0.25) is 0 Å². The molecule has 0 amide bonds. The van der Waals surface area contributed by atoms with Crippen LogP contribution in [0.2, 0.25) is 10.8 Å². The summed E-state index contributed by atoms with van der Waals surface area (Å²) >= 11 is 2.04. The maximum absolute atomic E-state index is 12.8. The molecule has 0 bridgehead atoms. The maximum atomic E-state index is 12.8. The Morgan fingerprint density at radius 3 is 0.786 bits per heavy atom. The first-order valence-electron chi connectivity index (χ1n) is 44.8. The molecule has 0 radical (unpaired) electrons. The standard InChI is InChI=1S/C61H100N2.2C17H35.Ni/c1-7-13-19-22-25-26-27-28-29-30-31-32-33-36-39-45-59-58(44-18-12-6)60(56-48-52(40-16-10-4)46-53(49-56)41-17-11-5)63(62)61(59)57-50-54(42-37-34-23-20-14-8-2)47-55(51-57)43-38-35-24-21-15-9-3;2*1-3-5-7-9-11-13-15-17-16-14-12-10-8-6-4-2;/h39,45-51H,7-38,40-44H2,1-6H3;2*1,3-17H2,2H3;. The van der Waals surface area contributed by atoms with Crippen molar-refractivity contribution in [1.82, 2.24) is 0 Å². The van der Waals surface area contributed by atoms with Crippen molar-refractivity contribution in [2.75, 3.05) is 0 Å². The summed E-state index contributed by atoms with van der Waals surface area (Å²) in [6.45, 7) is 18.5. The van der Waals surface area contributed by atoms with Gasteiger partial charge in [-0.05, 0) is 124 Å². The Morgan fingerprint density at radius 2 is 0.490 bits per heavy atom. The molecule has 0 aromatic heterocycles. The van der Waals surface area contributed by atoms with Gasteiger partial charge in [-0.1, -0.05) is 292 Å². The van der Waals surface area contributed by atoms with Crippen LogP contribution in [0.5, 0.6) is 0 Å². The Morgan fingerprint density at radius 1 is 0.255 bits per heavy atom. The first-order valence-corrected chi connectivity index (χ1v) is 46.2. The van der Waals surface area contributed by atoms with E-state index in [1.807, 2.05) is 14.4 Å². The van der Waals surface area contributed by atoms with Crippen LogP contribution in [0.3, 0.4) is 0 Å². The van der Waals surface area contributed by atoms with E-state index in [1.165, 1.54) is 434 Å². The third-order valence-corrected chi connectivity index (χ3v) is 22.8. The summed E-state index contributed by atoms with van der Waals surface area (Å²) in [4.78, 5) is 0. The molecule has 2 nitrogen and oxygen atoms in total. The van der Waals surface area contributed by atoms with Crippen LogP contribution in [0.15, 0.2) is 59.7 Å². The summed E-state index contributed by atoms with van der Waals surface area (Å²) in [5, 5.41) is 2.87. The van der Waals surface area contributed by atoms with Gasteiger partial charge in [0.1, 0.15) is 0 Å². The van der Waals surface area contributed by atoms with Gasteiger partial charge in [0.05, 0.1) is 5.57 Å². The van der Waals surface area contributed by atoms with E-state index in [-0.39, 0.29) is 0 Å². The van der Waals surface area contributed by atoms with Crippen molar-refractivity contribution < 1.29 is 19.1 Å². The van der Waals surface area contributed by atoms with Gasteiger partial charge in [0.25, 0.3) is 0 Å².